The van der Waals surface area contributed by atoms with Gasteiger partial charge in [-0.2, -0.15) is 0 Å². The standard InChI is InChI=1S/C10H13BrN2O2/c1-2-8(12)6-7-4-3-5-9(10(7)11)13(14)15/h3-5,8H,2,6,12H2,1H3. The van der Waals surface area contributed by atoms with Crippen LogP contribution in [0, 0.1) is 10.1 Å². The third-order valence-corrected chi connectivity index (χ3v) is 3.18. The molecule has 0 radical (unpaired) electrons. The molecule has 0 heterocycles. The van der Waals surface area contributed by atoms with Crippen molar-refractivity contribution < 1.29 is 4.92 Å². The van der Waals surface area contributed by atoms with Crippen molar-refractivity contribution in [3.63, 3.8) is 0 Å². The van der Waals surface area contributed by atoms with Gasteiger partial charge in [0.1, 0.15) is 0 Å². The Morgan fingerprint density at radius 3 is 2.80 bits per heavy atom. The minimum absolute atomic E-state index is 0.0447. The van der Waals surface area contributed by atoms with Crippen molar-refractivity contribution in [2.75, 3.05) is 0 Å². The summed E-state index contributed by atoms with van der Waals surface area (Å²) in [4.78, 5) is 10.3. The molecule has 1 atom stereocenters. The van der Waals surface area contributed by atoms with E-state index < -0.39 is 4.92 Å². The third kappa shape index (κ3) is 3.00. The molecule has 1 aromatic rings. The zero-order valence-corrected chi connectivity index (χ0v) is 10.0. The number of hydrogen-bond acceptors (Lipinski definition) is 3. The summed E-state index contributed by atoms with van der Waals surface area (Å²) in [5, 5.41) is 10.7. The van der Waals surface area contributed by atoms with Crippen molar-refractivity contribution >= 4 is 21.6 Å². The summed E-state index contributed by atoms with van der Waals surface area (Å²) < 4.78 is 0.541. The fraction of sp³-hybridized carbons (Fsp3) is 0.400. The molecule has 15 heavy (non-hydrogen) atoms. The molecule has 1 unspecified atom stereocenters. The molecule has 4 nitrogen and oxygen atoms in total. The minimum Gasteiger partial charge on any atom is -0.327 e. The molecule has 0 amide bonds. The number of rotatable bonds is 4. The first-order valence-corrected chi connectivity index (χ1v) is 5.53. The van der Waals surface area contributed by atoms with Crippen molar-refractivity contribution in [3.05, 3.63) is 38.3 Å². The summed E-state index contributed by atoms with van der Waals surface area (Å²) in [7, 11) is 0. The Balaban J connectivity index is 2.99. The van der Waals surface area contributed by atoms with Crippen molar-refractivity contribution in [3.8, 4) is 0 Å². The van der Waals surface area contributed by atoms with Crippen LogP contribution in [0.4, 0.5) is 5.69 Å². The number of benzene rings is 1. The van der Waals surface area contributed by atoms with Crippen LogP contribution < -0.4 is 5.73 Å². The molecule has 0 fully saturated rings. The van der Waals surface area contributed by atoms with Gasteiger partial charge in [0.25, 0.3) is 5.69 Å². The lowest BCUT2D eigenvalue weighted by Crippen LogP contribution is -2.21. The summed E-state index contributed by atoms with van der Waals surface area (Å²) in [5.74, 6) is 0. The topological polar surface area (TPSA) is 69.2 Å². The molecular weight excluding hydrogens is 260 g/mol. The lowest BCUT2D eigenvalue weighted by atomic mass is 10.0. The fourth-order valence-electron chi connectivity index (χ4n) is 1.29. The SMILES string of the molecule is CCC(N)Cc1cccc([N+](=O)[O-])c1Br. The van der Waals surface area contributed by atoms with E-state index in [-0.39, 0.29) is 11.7 Å². The predicted molar refractivity (Wildman–Crippen MR) is 62.8 cm³/mol. The van der Waals surface area contributed by atoms with Gasteiger partial charge in [0.05, 0.1) is 9.40 Å². The van der Waals surface area contributed by atoms with Gasteiger partial charge in [-0.3, -0.25) is 10.1 Å². The summed E-state index contributed by atoms with van der Waals surface area (Å²) >= 11 is 3.24. The molecule has 0 aromatic heterocycles. The van der Waals surface area contributed by atoms with Crippen LogP contribution in [0.1, 0.15) is 18.9 Å². The number of nitrogens with zero attached hydrogens (tertiary/aromatic N) is 1. The highest BCUT2D eigenvalue weighted by atomic mass is 79.9. The second-order valence-electron chi connectivity index (χ2n) is 3.38. The Hall–Kier alpha value is -0.940. The Morgan fingerprint density at radius 1 is 1.60 bits per heavy atom. The number of hydrogen-bond donors (Lipinski definition) is 1. The summed E-state index contributed by atoms with van der Waals surface area (Å²) in [5.41, 5.74) is 6.79. The number of nitrogens with two attached hydrogens (primary N) is 1. The Labute approximate surface area is 96.8 Å². The molecule has 1 rings (SSSR count). The van der Waals surface area contributed by atoms with Gasteiger partial charge in [0.2, 0.25) is 0 Å². The zero-order chi connectivity index (χ0) is 11.4. The molecule has 0 aliphatic carbocycles. The van der Waals surface area contributed by atoms with Crippen LogP contribution in [0.5, 0.6) is 0 Å². The van der Waals surface area contributed by atoms with E-state index in [9.17, 15) is 10.1 Å². The van der Waals surface area contributed by atoms with Crippen LogP contribution in [-0.4, -0.2) is 11.0 Å². The van der Waals surface area contributed by atoms with Gasteiger partial charge in [-0.15, -0.1) is 0 Å². The zero-order valence-electron chi connectivity index (χ0n) is 8.44. The van der Waals surface area contributed by atoms with E-state index in [0.29, 0.717) is 10.9 Å². The highest BCUT2D eigenvalue weighted by Gasteiger charge is 2.15. The first-order chi connectivity index (χ1) is 7.06. The number of nitro groups is 1. The highest BCUT2D eigenvalue weighted by molar-refractivity contribution is 9.10. The van der Waals surface area contributed by atoms with Crippen LogP contribution in [0.25, 0.3) is 0 Å². The molecular formula is C10H13BrN2O2. The third-order valence-electron chi connectivity index (χ3n) is 2.26. The molecule has 0 aliphatic heterocycles. The Bertz CT molecular complexity index is 368. The molecule has 0 saturated carbocycles. The van der Waals surface area contributed by atoms with E-state index in [1.807, 2.05) is 13.0 Å². The van der Waals surface area contributed by atoms with Gasteiger partial charge in [-0.1, -0.05) is 19.1 Å². The first kappa shape index (κ1) is 12.1. The molecule has 0 spiro atoms. The summed E-state index contributed by atoms with van der Waals surface area (Å²) in [6.07, 6.45) is 1.51. The van der Waals surface area contributed by atoms with Crippen molar-refractivity contribution in [2.45, 2.75) is 25.8 Å². The molecule has 0 aliphatic rings. The molecule has 1 aromatic carbocycles. The van der Waals surface area contributed by atoms with Crippen LogP contribution in [-0.2, 0) is 6.42 Å². The van der Waals surface area contributed by atoms with Gasteiger partial charge < -0.3 is 5.73 Å². The smallest absolute Gasteiger partial charge is 0.283 e. The monoisotopic (exact) mass is 272 g/mol. The Morgan fingerprint density at radius 2 is 2.27 bits per heavy atom. The van der Waals surface area contributed by atoms with Gasteiger partial charge in [-0.05, 0) is 34.3 Å². The van der Waals surface area contributed by atoms with Crippen LogP contribution in [0.15, 0.2) is 22.7 Å². The Kier molecular flexibility index (Phi) is 4.23. The van der Waals surface area contributed by atoms with Gasteiger partial charge in [0, 0.05) is 12.1 Å². The van der Waals surface area contributed by atoms with Crippen LogP contribution >= 0.6 is 15.9 Å². The molecule has 5 heteroatoms. The van der Waals surface area contributed by atoms with E-state index >= 15 is 0 Å². The number of halogens is 1. The largest absolute Gasteiger partial charge is 0.327 e. The van der Waals surface area contributed by atoms with Crippen molar-refractivity contribution in [2.24, 2.45) is 5.73 Å². The van der Waals surface area contributed by atoms with Gasteiger partial charge >= 0.3 is 0 Å². The lowest BCUT2D eigenvalue weighted by molar-refractivity contribution is -0.385. The predicted octanol–water partition coefficient (Wildman–Crippen LogP) is 2.64. The van der Waals surface area contributed by atoms with Crippen LogP contribution in [0.3, 0.4) is 0 Å². The summed E-state index contributed by atoms with van der Waals surface area (Å²) in [6, 6.07) is 5.06. The maximum absolute atomic E-state index is 10.7. The molecule has 82 valence electrons. The van der Waals surface area contributed by atoms with Crippen molar-refractivity contribution in [1.82, 2.24) is 0 Å². The van der Waals surface area contributed by atoms with E-state index in [2.05, 4.69) is 15.9 Å². The second-order valence-corrected chi connectivity index (χ2v) is 4.17. The highest BCUT2D eigenvalue weighted by Crippen LogP contribution is 2.28. The maximum atomic E-state index is 10.7. The molecule has 2 N–H and O–H groups in total. The average Bonchev–Trinajstić information content (AvgIpc) is 2.20. The minimum atomic E-state index is -0.398. The lowest BCUT2D eigenvalue weighted by Gasteiger charge is -2.10. The molecule has 0 bridgehead atoms. The van der Waals surface area contributed by atoms with E-state index in [1.54, 1.807) is 6.07 Å². The van der Waals surface area contributed by atoms with E-state index in [1.165, 1.54) is 6.07 Å². The van der Waals surface area contributed by atoms with Gasteiger partial charge in [0.15, 0.2) is 0 Å². The van der Waals surface area contributed by atoms with Crippen LogP contribution in [0.2, 0.25) is 0 Å². The molecule has 0 saturated heterocycles. The summed E-state index contributed by atoms with van der Waals surface area (Å²) in [6.45, 7) is 2.00. The van der Waals surface area contributed by atoms with Gasteiger partial charge in [-0.25, -0.2) is 0 Å². The number of nitro benzene ring substituents is 1. The fourth-order valence-corrected chi connectivity index (χ4v) is 1.86. The second kappa shape index (κ2) is 5.23. The van der Waals surface area contributed by atoms with E-state index in [0.717, 1.165) is 12.0 Å². The first-order valence-electron chi connectivity index (χ1n) is 4.73. The maximum Gasteiger partial charge on any atom is 0.283 e. The van der Waals surface area contributed by atoms with Crippen molar-refractivity contribution in [1.29, 1.82) is 0 Å². The quantitative estimate of drug-likeness (QED) is 0.677. The normalized spacial score (nSPS) is 12.5. The average molecular weight is 273 g/mol. The van der Waals surface area contributed by atoms with E-state index in [4.69, 9.17) is 5.73 Å².